The molecule has 0 aliphatic rings. The number of amides is 2. The van der Waals surface area contributed by atoms with E-state index in [0.29, 0.717) is 0 Å². The largest absolute Gasteiger partial charge is 0.480 e. The number of nitriles is 1. The smallest absolute Gasteiger partial charge is 0.326 e. The number of nitrogens with one attached hydrogen (secondary N) is 2. The van der Waals surface area contributed by atoms with Crippen LogP contribution in [0.4, 0.5) is 4.39 Å². The standard InChI is InChI=1S/C17H20FN3O4/c1-10(7-8-19)15(17(24)25)21-16(23)14(20-11(2)22)9-12-5-3-4-6-13(12)18/h3-6,10,14-15H,7,9H2,1-2H3,(H,20,22)(H,21,23)(H,24,25)/t10-,14-,15-/m0/s1. The van der Waals surface area contributed by atoms with Crippen LogP contribution in [0.1, 0.15) is 25.8 Å². The molecule has 25 heavy (non-hydrogen) atoms. The van der Waals surface area contributed by atoms with Crippen LogP contribution in [0.5, 0.6) is 0 Å². The van der Waals surface area contributed by atoms with Gasteiger partial charge in [-0.2, -0.15) is 5.26 Å². The Kier molecular flexibility index (Phi) is 7.53. The van der Waals surface area contributed by atoms with Crippen molar-refractivity contribution in [3.63, 3.8) is 0 Å². The maximum atomic E-state index is 13.8. The third-order valence-electron chi connectivity index (χ3n) is 3.62. The molecule has 7 nitrogen and oxygen atoms in total. The number of nitrogens with zero attached hydrogens (tertiary/aromatic N) is 1. The van der Waals surface area contributed by atoms with Crippen LogP contribution < -0.4 is 10.6 Å². The van der Waals surface area contributed by atoms with E-state index in [4.69, 9.17) is 5.26 Å². The summed E-state index contributed by atoms with van der Waals surface area (Å²) in [6, 6.07) is 5.22. The summed E-state index contributed by atoms with van der Waals surface area (Å²) in [5, 5.41) is 22.7. The lowest BCUT2D eigenvalue weighted by Gasteiger charge is -2.23. The topological polar surface area (TPSA) is 119 Å². The summed E-state index contributed by atoms with van der Waals surface area (Å²) < 4.78 is 13.8. The summed E-state index contributed by atoms with van der Waals surface area (Å²) in [5.74, 6) is -3.70. The first-order valence-corrected chi connectivity index (χ1v) is 7.66. The normalized spacial score (nSPS) is 13.8. The highest BCUT2D eigenvalue weighted by molar-refractivity contribution is 5.90. The fourth-order valence-corrected chi connectivity index (χ4v) is 2.30. The van der Waals surface area contributed by atoms with Gasteiger partial charge in [0.2, 0.25) is 11.8 Å². The Morgan fingerprint density at radius 1 is 1.28 bits per heavy atom. The lowest BCUT2D eigenvalue weighted by Crippen LogP contribution is -2.54. The first kappa shape index (κ1) is 20.1. The number of halogens is 1. The third-order valence-corrected chi connectivity index (χ3v) is 3.62. The predicted molar refractivity (Wildman–Crippen MR) is 86.7 cm³/mol. The van der Waals surface area contributed by atoms with Crippen molar-refractivity contribution in [2.45, 2.75) is 38.8 Å². The van der Waals surface area contributed by atoms with Gasteiger partial charge in [-0.1, -0.05) is 25.1 Å². The highest BCUT2D eigenvalue weighted by Gasteiger charge is 2.30. The molecule has 0 aromatic heterocycles. The van der Waals surface area contributed by atoms with Gasteiger partial charge in [-0.15, -0.1) is 0 Å². The number of aliphatic carboxylic acids is 1. The molecular formula is C17H20FN3O4. The van der Waals surface area contributed by atoms with Crippen molar-refractivity contribution >= 4 is 17.8 Å². The number of hydrogen-bond donors (Lipinski definition) is 3. The molecule has 8 heteroatoms. The zero-order chi connectivity index (χ0) is 19.0. The molecule has 1 rings (SSSR count). The number of carboxylic acids is 1. The van der Waals surface area contributed by atoms with Crippen LogP contribution in [-0.4, -0.2) is 35.0 Å². The molecule has 0 saturated heterocycles. The molecule has 1 aromatic carbocycles. The molecule has 0 radical (unpaired) electrons. The number of carboxylic acid groups (broad SMARTS) is 1. The maximum absolute atomic E-state index is 13.8. The van der Waals surface area contributed by atoms with Crippen molar-refractivity contribution in [1.29, 1.82) is 5.26 Å². The molecular weight excluding hydrogens is 329 g/mol. The lowest BCUT2D eigenvalue weighted by atomic mass is 9.97. The van der Waals surface area contributed by atoms with Gasteiger partial charge in [0.1, 0.15) is 17.9 Å². The van der Waals surface area contributed by atoms with E-state index in [1.165, 1.54) is 32.0 Å². The van der Waals surface area contributed by atoms with Crippen LogP contribution in [0.25, 0.3) is 0 Å². The Morgan fingerprint density at radius 2 is 1.92 bits per heavy atom. The number of hydrogen-bond acceptors (Lipinski definition) is 4. The monoisotopic (exact) mass is 349 g/mol. The molecule has 0 unspecified atom stereocenters. The fraction of sp³-hybridized carbons (Fsp3) is 0.412. The number of benzene rings is 1. The van der Waals surface area contributed by atoms with Crippen molar-refractivity contribution in [2.24, 2.45) is 5.92 Å². The van der Waals surface area contributed by atoms with Gasteiger partial charge in [0.25, 0.3) is 0 Å². The van der Waals surface area contributed by atoms with Crippen molar-refractivity contribution in [3.8, 4) is 6.07 Å². The molecule has 0 aliphatic heterocycles. The van der Waals surface area contributed by atoms with E-state index < -0.39 is 41.6 Å². The van der Waals surface area contributed by atoms with Crippen LogP contribution in [0.3, 0.4) is 0 Å². The van der Waals surface area contributed by atoms with E-state index in [1.807, 2.05) is 6.07 Å². The van der Waals surface area contributed by atoms with Crippen LogP contribution in [0, 0.1) is 23.1 Å². The average Bonchev–Trinajstić information content (AvgIpc) is 2.53. The summed E-state index contributed by atoms with van der Waals surface area (Å²) in [6.45, 7) is 2.72. The molecule has 0 spiro atoms. The van der Waals surface area contributed by atoms with E-state index in [0.717, 1.165) is 0 Å². The van der Waals surface area contributed by atoms with Crippen molar-refractivity contribution in [3.05, 3.63) is 35.6 Å². The highest BCUT2D eigenvalue weighted by atomic mass is 19.1. The quantitative estimate of drug-likeness (QED) is 0.647. The molecule has 134 valence electrons. The van der Waals surface area contributed by atoms with Gasteiger partial charge in [0.05, 0.1) is 6.07 Å². The fourth-order valence-electron chi connectivity index (χ4n) is 2.30. The number of carbonyl (C=O) groups excluding carboxylic acids is 2. The summed E-state index contributed by atoms with van der Waals surface area (Å²) in [4.78, 5) is 35.1. The molecule has 0 saturated carbocycles. The Bertz CT molecular complexity index is 687. The van der Waals surface area contributed by atoms with Gasteiger partial charge in [-0.25, -0.2) is 9.18 Å². The van der Waals surface area contributed by atoms with E-state index in [-0.39, 0.29) is 18.4 Å². The maximum Gasteiger partial charge on any atom is 0.326 e. The van der Waals surface area contributed by atoms with E-state index >= 15 is 0 Å². The molecule has 0 fully saturated rings. The average molecular weight is 349 g/mol. The molecule has 3 N–H and O–H groups in total. The van der Waals surface area contributed by atoms with Gasteiger partial charge < -0.3 is 15.7 Å². The van der Waals surface area contributed by atoms with Gasteiger partial charge in [0.15, 0.2) is 0 Å². The number of carbonyl (C=O) groups is 3. The lowest BCUT2D eigenvalue weighted by molar-refractivity contribution is -0.143. The minimum atomic E-state index is -1.29. The summed E-state index contributed by atoms with van der Waals surface area (Å²) in [7, 11) is 0. The second-order valence-electron chi connectivity index (χ2n) is 5.71. The first-order chi connectivity index (χ1) is 11.8. The Labute approximate surface area is 144 Å². The van der Waals surface area contributed by atoms with Gasteiger partial charge >= 0.3 is 5.97 Å². The van der Waals surface area contributed by atoms with E-state index in [1.54, 1.807) is 6.07 Å². The summed E-state index contributed by atoms with van der Waals surface area (Å²) in [5.41, 5.74) is 0.216. The SMILES string of the molecule is CC(=O)N[C@@H](Cc1ccccc1F)C(=O)N[C@H](C(=O)O)[C@@H](C)CC#N. The minimum Gasteiger partial charge on any atom is -0.480 e. The molecule has 0 heterocycles. The number of rotatable bonds is 8. The highest BCUT2D eigenvalue weighted by Crippen LogP contribution is 2.12. The van der Waals surface area contributed by atoms with Crippen molar-refractivity contribution in [2.75, 3.05) is 0 Å². The molecule has 2 amide bonds. The van der Waals surface area contributed by atoms with Crippen LogP contribution in [0.15, 0.2) is 24.3 Å². The Hall–Kier alpha value is -2.95. The summed E-state index contributed by atoms with van der Waals surface area (Å²) >= 11 is 0. The van der Waals surface area contributed by atoms with Gasteiger partial charge in [-0.05, 0) is 11.6 Å². The minimum absolute atomic E-state index is 0.0602. The van der Waals surface area contributed by atoms with Crippen molar-refractivity contribution in [1.82, 2.24) is 10.6 Å². The zero-order valence-corrected chi connectivity index (χ0v) is 14.0. The van der Waals surface area contributed by atoms with Crippen LogP contribution in [0.2, 0.25) is 0 Å². The van der Waals surface area contributed by atoms with Crippen molar-refractivity contribution < 1.29 is 23.9 Å². The van der Waals surface area contributed by atoms with Crippen LogP contribution in [-0.2, 0) is 20.8 Å². The van der Waals surface area contributed by atoms with Crippen LogP contribution >= 0.6 is 0 Å². The third kappa shape index (κ3) is 6.22. The zero-order valence-electron chi connectivity index (χ0n) is 14.0. The van der Waals surface area contributed by atoms with Gasteiger partial charge in [0, 0.05) is 25.7 Å². The Balaban J connectivity index is 2.96. The molecule has 1 aromatic rings. The predicted octanol–water partition coefficient (Wildman–Crippen LogP) is 0.992. The molecule has 3 atom stereocenters. The van der Waals surface area contributed by atoms with Gasteiger partial charge in [-0.3, -0.25) is 9.59 Å². The summed E-state index contributed by atoms with van der Waals surface area (Å²) in [6.07, 6.45) is -0.188. The molecule has 0 aliphatic carbocycles. The molecule has 0 bridgehead atoms. The van der Waals surface area contributed by atoms with E-state index in [9.17, 15) is 23.9 Å². The first-order valence-electron chi connectivity index (χ1n) is 7.66. The Morgan fingerprint density at radius 3 is 2.44 bits per heavy atom. The second-order valence-corrected chi connectivity index (χ2v) is 5.71. The van der Waals surface area contributed by atoms with E-state index in [2.05, 4.69) is 10.6 Å². The second kappa shape index (κ2) is 9.37.